The molecular formula is C18H17F3O4. The Morgan fingerprint density at radius 3 is 2.52 bits per heavy atom. The molecule has 2 rings (SSSR count). The van der Waals surface area contributed by atoms with E-state index in [0.717, 1.165) is 29.3 Å². The van der Waals surface area contributed by atoms with E-state index < -0.39 is 23.8 Å². The molecule has 0 radical (unpaired) electrons. The lowest BCUT2D eigenvalue weighted by molar-refractivity contribution is -0.207. The van der Waals surface area contributed by atoms with Crippen LogP contribution in [0.2, 0.25) is 0 Å². The van der Waals surface area contributed by atoms with Crippen LogP contribution in [0.5, 0.6) is 5.75 Å². The van der Waals surface area contributed by atoms with Crippen molar-refractivity contribution in [3.8, 4) is 5.75 Å². The van der Waals surface area contributed by atoms with Gasteiger partial charge in [0.2, 0.25) is 0 Å². The molecule has 0 fully saturated rings. The Morgan fingerprint density at radius 1 is 1.20 bits per heavy atom. The van der Waals surface area contributed by atoms with E-state index in [2.05, 4.69) is 0 Å². The maximum atomic E-state index is 12.8. The Labute approximate surface area is 142 Å². The van der Waals surface area contributed by atoms with Crippen molar-refractivity contribution < 1.29 is 32.9 Å². The van der Waals surface area contributed by atoms with Gasteiger partial charge in [-0.15, -0.1) is 0 Å². The van der Waals surface area contributed by atoms with Gasteiger partial charge in [0.05, 0.1) is 12.2 Å². The largest absolute Gasteiger partial charge is 0.493 e. The zero-order valence-electron chi connectivity index (χ0n) is 13.4. The van der Waals surface area contributed by atoms with Crippen LogP contribution < -0.4 is 4.74 Å². The van der Waals surface area contributed by atoms with Crippen LogP contribution in [-0.4, -0.2) is 29.0 Å². The van der Waals surface area contributed by atoms with E-state index in [4.69, 9.17) is 9.84 Å². The first-order valence-electron chi connectivity index (χ1n) is 7.49. The van der Waals surface area contributed by atoms with Crippen LogP contribution in [0.1, 0.15) is 33.2 Å². The minimum absolute atomic E-state index is 0.0907. The standard InChI is InChI=1S/C18H17F3O4/c1-11-3-2-4-12(9-11)7-8-25-15-6-5-13(17(23)24)10-14(15)16(22)18(19,20)21/h2-6,9-10,16,22H,7-8H2,1H3,(H,23,24)/t16-/m1/s1. The lowest BCUT2D eigenvalue weighted by atomic mass is 10.0. The summed E-state index contributed by atoms with van der Waals surface area (Å²) in [4.78, 5) is 11.0. The van der Waals surface area contributed by atoms with Gasteiger partial charge in [-0.25, -0.2) is 4.79 Å². The highest BCUT2D eigenvalue weighted by atomic mass is 19.4. The molecule has 2 aromatic rings. The van der Waals surface area contributed by atoms with Crippen molar-refractivity contribution in [3.63, 3.8) is 0 Å². The maximum absolute atomic E-state index is 12.8. The monoisotopic (exact) mass is 354 g/mol. The Bertz CT molecular complexity index is 756. The van der Waals surface area contributed by atoms with Gasteiger partial charge in [0.25, 0.3) is 0 Å². The Morgan fingerprint density at radius 2 is 1.92 bits per heavy atom. The minimum atomic E-state index is -4.92. The van der Waals surface area contributed by atoms with Crippen molar-refractivity contribution in [1.29, 1.82) is 0 Å². The molecule has 1 atom stereocenters. The number of hydrogen-bond donors (Lipinski definition) is 2. The number of aryl methyl sites for hydroxylation is 1. The number of halogens is 3. The lowest BCUT2D eigenvalue weighted by Crippen LogP contribution is -2.21. The van der Waals surface area contributed by atoms with Crippen LogP contribution >= 0.6 is 0 Å². The molecule has 25 heavy (non-hydrogen) atoms. The zero-order valence-corrected chi connectivity index (χ0v) is 13.4. The molecule has 2 aromatic carbocycles. The molecule has 0 aliphatic heterocycles. The molecule has 0 heterocycles. The minimum Gasteiger partial charge on any atom is -0.493 e. The number of carboxylic acids is 1. The highest BCUT2D eigenvalue weighted by Crippen LogP contribution is 2.37. The van der Waals surface area contributed by atoms with Gasteiger partial charge in [0.15, 0.2) is 6.10 Å². The van der Waals surface area contributed by atoms with Gasteiger partial charge >= 0.3 is 12.1 Å². The van der Waals surface area contributed by atoms with Crippen molar-refractivity contribution in [1.82, 2.24) is 0 Å². The smallest absolute Gasteiger partial charge is 0.418 e. The van der Waals surface area contributed by atoms with Crippen LogP contribution in [0.15, 0.2) is 42.5 Å². The summed E-state index contributed by atoms with van der Waals surface area (Å²) in [7, 11) is 0. The predicted octanol–water partition coefficient (Wildman–Crippen LogP) is 3.91. The second-order valence-corrected chi connectivity index (χ2v) is 5.59. The van der Waals surface area contributed by atoms with Crippen molar-refractivity contribution >= 4 is 5.97 Å². The molecule has 0 aromatic heterocycles. The molecule has 134 valence electrons. The number of rotatable bonds is 6. The fourth-order valence-corrected chi connectivity index (χ4v) is 2.35. The first kappa shape index (κ1) is 18.8. The summed E-state index contributed by atoms with van der Waals surface area (Å²) in [5.74, 6) is -1.58. The molecule has 0 aliphatic carbocycles. The van der Waals surface area contributed by atoms with E-state index in [-0.39, 0.29) is 17.9 Å². The van der Waals surface area contributed by atoms with Gasteiger partial charge in [0, 0.05) is 12.0 Å². The molecule has 7 heteroatoms. The molecule has 0 aliphatic rings. The van der Waals surface area contributed by atoms with Crippen molar-refractivity contribution in [3.05, 3.63) is 64.7 Å². The fraction of sp³-hybridized carbons (Fsp3) is 0.278. The van der Waals surface area contributed by atoms with E-state index in [1.54, 1.807) is 0 Å². The maximum Gasteiger partial charge on any atom is 0.418 e. The predicted molar refractivity (Wildman–Crippen MR) is 84.8 cm³/mol. The van der Waals surface area contributed by atoms with Gasteiger partial charge in [-0.3, -0.25) is 0 Å². The quantitative estimate of drug-likeness (QED) is 0.825. The normalized spacial score (nSPS) is 12.7. The van der Waals surface area contributed by atoms with Gasteiger partial charge in [-0.1, -0.05) is 29.8 Å². The Balaban J connectivity index is 2.19. The summed E-state index contributed by atoms with van der Waals surface area (Å²) in [6.45, 7) is 2.01. The zero-order chi connectivity index (χ0) is 18.6. The Kier molecular flexibility index (Phi) is 5.69. The number of aromatic carboxylic acids is 1. The van der Waals surface area contributed by atoms with Crippen molar-refractivity contribution in [2.24, 2.45) is 0 Å². The number of alkyl halides is 3. The molecule has 0 saturated carbocycles. The third-order valence-corrected chi connectivity index (χ3v) is 3.59. The third-order valence-electron chi connectivity index (χ3n) is 3.59. The number of aliphatic hydroxyl groups excluding tert-OH is 1. The van der Waals surface area contributed by atoms with E-state index >= 15 is 0 Å². The molecule has 0 spiro atoms. The first-order valence-corrected chi connectivity index (χ1v) is 7.49. The van der Waals surface area contributed by atoms with Crippen LogP contribution in [0.4, 0.5) is 13.2 Å². The summed E-state index contributed by atoms with van der Waals surface area (Å²) in [5.41, 5.74) is 1.04. The third kappa shape index (κ3) is 4.96. The van der Waals surface area contributed by atoms with E-state index in [1.807, 2.05) is 31.2 Å². The second-order valence-electron chi connectivity index (χ2n) is 5.59. The second kappa shape index (κ2) is 7.57. The lowest BCUT2D eigenvalue weighted by Gasteiger charge is -2.19. The van der Waals surface area contributed by atoms with Gasteiger partial charge < -0.3 is 14.9 Å². The number of benzene rings is 2. The number of hydrogen-bond acceptors (Lipinski definition) is 3. The van der Waals surface area contributed by atoms with Crippen LogP contribution in [-0.2, 0) is 6.42 Å². The van der Waals surface area contributed by atoms with Gasteiger partial charge in [-0.2, -0.15) is 13.2 Å². The van der Waals surface area contributed by atoms with Crippen molar-refractivity contribution in [2.75, 3.05) is 6.61 Å². The average Bonchev–Trinajstić information content (AvgIpc) is 2.53. The molecule has 2 N–H and O–H groups in total. The van der Waals surface area contributed by atoms with Crippen LogP contribution in [0, 0.1) is 6.92 Å². The first-order chi connectivity index (χ1) is 11.7. The van der Waals surface area contributed by atoms with Gasteiger partial charge in [-0.05, 0) is 30.7 Å². The van der Waals surface area contributed by atoms with Crippen molar-refractivity contribution in [2.45, 2.75) is 25.6 Å². The summed E-state index contributed by atoms with van der Waals surface area (Å²) in [6.07, 6.45) is -7.28. The molecule has 0 saturated heterocycles. The summed E-state index contributed by atoms with van der Waals surface area (Å²) < 4.78 is 43.9. The summed E-state index contributed by atoms with van der Waals surface area (Å²) in [6, 6.07) is 10.6. The number of ether oxygens (including phenoxy) is 1. The van der Waals surface area contributed by atoms with E-state index in [9.17, 15) is 23.1 Å². The average molecular weight is 354 g/mol. The topological polar surface area (TPSA) is 66.8 Å². The number of carboxylic acid groups (broad SMARTS) is 1. The number of carbonyl (C=O) groups is 1. The van der Waals surface area contributed by atoms with E-state index in [1.165, 1.54) is 0 Å². The van der Waals surface area contributed by atoms with E-state index in [0.29, 0.717) is 6.42 Å². The highest BCUT2D eigenvalue weighted by molar-refractivity contribution is 5.88. The fourth-order valence-electron chi connectivity index (χ4n) is 2.35. The Hall–Kier alpha value is -2.54. The van der Waals surface area contributed by atoms with Gasteiger partial charge in [0.1, 0.15) is 5.75 Å². The number of aliphatic hydroxyl groups is 1. The molecule has 0 unspecified atom stereocenters. The summed E-state index contributed by atoms with van der Waals surface area (Å²) in [5, 5.41) is 18.4. The van der Waals surface area contributed by atoms with Crippen LogP contribution in [0.3, 0.4) is 0 Å². The van der Waals surface area contributed by atoms with Crippen LogP contribution in [0.25, 0.3) is 0 Å². The molecular weight excluding hydrogens is 337 g/mol. The highest BCUT2D eigenvalue weighted by Gasteiger charge is 2.41. The molecule has 4 nitrogen and oxygen atoms in total. The molecule has 0 bridgehead atoms. The SMILES string of the molecule is Cc1cccc(CCOc2ccc(C(=O)O)cc2[C@@H](O)C(F)(F)F)c1. The summed E-state index contributed by atoms with van der Waals surface area (Å²) >= 11 is 0. The molecule has 0 amide bonds.